The van der Waals surface area contributed by atoms with E-state index < -0.39 is 10.0 Å². The largest absolute Gasteiger partial charge is 0.317 e. The van der Waals surface area contributed by atoms with Crippen molar-refractivity contribution in [1.82, 2.24) is 10.0 Å². The van der Waals surface area contributed by atoms with Crippen LogP contribution in [0.1, 0.15) is 32.6 Å². The predicted octanol–water partition coefficient (Wildman–Crippen LogP) is 0.706. The summed E-state index contributed by atoms with van der Waals surface area (Å²) in [5, 5.41) is 3.12. The molecule has 1 saturated carbocycles. The second kappa shape index (κ2) is 6.45. The SMILES string of the molecule is CCNCCCS(=O)(=O)NCC1CCC1. The van der Waals surface area contributed by atoms with E-state index in [9.17, 15) is 8.42 Å². The van der Waals surface area contributed by atoms with Crippen LogP contribution < -0.4 is 10.0 Å². The predicted molar refractivity (Wildman–Crippen MR) is 62.3 cm³/mol. The minimum Gasteiger partial charge on any atom is -0.317 e. The lowest BCUT2D eigenvalue weighted by Gasteiger charge is -2.25. The van der Waals surface area contributed by atoms with Gasteiger partial charge in [-0.3, -0.25) is 0 Å². The van der Waals surface area contributed by atoms with Gasteiger partial charge in [0.2, 0.25) is 10.0 Å². The van der Waals surface area contributed by atoms with Crippen molar-refractivity contribution in [2.45, 2.75) is 32.6 Å². The molecule has 0 spiro atoms. The molecule has 0 aliphatic heterocycles. The van der Waals surface area contributed by atoms with Gasteiger partial charge in [-0.15, -0.1) is 0 Å². The summed E-state index contributed by atoms with van der Waals surface area (Å²) >= 11 is 0. The molecule has 2 N–H and O–H groups in total. The molecule has 0 aromatic rings. The highest BCUT2D eigenvalue weighted by Crippen LogP contribution is 2.25. The fraction of sp³-hybridized carbons (Fsp3) is 1.00. The lowest BCUT2D eigenvalue weighted by atomic mass is 9.86. The molecule has 0 bridgehead atoms. The summed E-state index contributed by atoms with van der Waals surface area (Å²) in [4.78, 5) is 0. The van der Waals surface area contributed by atoms with Crippen molar-refractivity contribution in [3.8, 4) is 0 Å². The Morgan fingerprint density at radius 2 is 2.07 bits per heavy atom. The number of hydrogen-bond acceptors (Lipinski definition) is 3. The Morgan fingerprint density at radius 1 is 1.33 bits per heavy atom. The van der Waals surface area contributed by atoms with E-state index in [2.05, 4.69) is 10.0 Å². The summed E-state index contributed by atoms with van der Waals surface area (Å²) in [6.45, 7) is 4.34. The summed E-state index contributed by atoms with van der Waals surface area (Å²) in [6.07, 6.45) is 4.31. The average molecular weight is 234 g/mol. The van der Waals surface area contributed by atoms with Gasteiger partial charge >= 0.3 is 0 Å². The maximum absolute atomic E-state index is 11.5. The van der Waals surface area contributed by atoms with Crippen LogP contribution in [0.3, 0.4) is 0 Å². The zero-order chi connectivity index (χ0) is 11.1. The Balaban J connectivity index is 2.08. The molecule has 1 fully saturated rings. The van der Waals surface area contributed by atoms with Crippen LogP contribution >= 0.6 is 0 Å². The van der Waals surface area contributed by atoms with Gasteiger partial charge in [0, 0.05) is 6.54 Å². The topological polar surface area (TPSA) is 58.2 Å². The van der Waals surface area contributed by atoms with Gasteiger partial charge in [-0.1, -0.05) is 13.3 Å². The maximum Gasteiger partial charge on any atom is 0.211 e. The molecule has 15 heavy (non-hydrogen) atoms. The molecule has 1 rings (SSSR count). The Labute approximate surface area is 92.9 Å². The first kappa shape index (κ1) is 12.9. The van der Waals surface area contributed by atoms with E-state index in [-0.39, 0.29) is 5.75 Å². The number of hydrogen-bond donors (Lipinski definition) is 2. The molecule has 0 heterocycles. The summed E-state index contributed by atoms with van der Waals surface area (Å²) in [7, 11) is -3.02. The molecule has 0 aromatic carbocycles. The molecule has 0 radical (unpaired) electrons. The van der Waals surface area contributed by atoms with Crippen molar-refractivity contribution < 1.29 is 8.42 Å². The summed E-state index contributed by atoms with van der Waals surface area (Å²) in [5.74, 6) is 0.834. The fourth-order valence-corrected chi connectivity index (χ4v) is 2.74. The number of sulfonamides is 1. The first-order valence-corrected chi connectivity index (χ1v) is 7.47. The molecule has 1 aliphatic carbocycles. The van der Waals surface area contributed by atoms with Gasteiger partial charge in [-0.25, -0.2) is 13.1 Å². The van der Waals surface area contributed by atoms with Crippen molar-refractivity contribution in [1.29, 1.82) is 0 Å². The van der Waals surface area contributed by atoms with Crippen LogP contribution in [0.2, 0.25) is 0 Å². The van der Waals surface area contributed by atoms with E-state index in [1.54, 1.807) is 0 Å². The number of rotatable bonds is 8. The van der Waals surface area contributed by atoms with Crippen molar-refractivity contribution in [2.75, 3.05) is 25.4 Å². The molecule has 0 atom stereocenters. The first-order valence-electron chi connectivity index (χ1n) is 5.82. The van der Waals surface area contributed by atoms with Crippen LogP contribution in [-0.4, -0.2) is 33.8 Å². The van der Waals surface area contributed by atoms with E-state index in [1.165, 1.54) is 19.3 Å². The van der Waals surface area contributed by atoms with Crippen molar-refractivity contribution in [3.05, 3.63) is 0 Å². The summed E-state index contributed by atoms with van der Waals surface area (Å²) in [5.41, 5.74) is 0. The lowest BCUT2D eigenvalue weighted by molar-refractivity contribution is 0.316. The quantitative estimate of drug-likeness (QED) is 0.608. The maximum atomic E-state index is 11.5. The molecule has 90 valence electrons. The molecule has 0 saturated heterocycles. The van der Waals surface area contributed by atoms with Gasteiger partial charge in [0.25, 0.3) is 0 Å². The second-order valence-electron chi connectivity index (χ2n) is 4.17. The lowest BCUT2D eigenvalue weighted by Crippen LogP contribution is -2.34. The van der Waals surface area contributed by atoms with Gasteiger partial charge < -0.3 is 5.32 Å². The molecule has 0 aromatic heterocycles. The second-order valence-corrected chi connectivity index (χ2v) is 6.10. The number of nitrogens with one attached hydrogen (secondary N) is 2. The van der Waals surface area contributed by atoms with E-state index >= 15 is 0 Å². The standard InChI is InChI=1S/C10H22N2O2S/c1-2-11-7-4-8-15(13,14)12-9-10-5-3-6-10/h10-12H,2-9H2,1H3. The summed E-state index contributed by atoms with van der Waals surface area (Å²) in [6, 6.07) is 0. The van der Waals surface area contributed by atoms with Gasteiger partial charge in [0.15, 0.2) is 0 Å². The molecule has 0 amide bonds. The third kappa shape index (κ3) is 5.49. The van der Waals surface area contributed by atoms with Crippen LogP contribution in [0.15, 0.2) is 0 Å². The minimum absolute atomic E-state index is 0.243. The van der Waals surface area contributed by atoms with Crippen LogP contribution in [0, 0.1) is 5.92 Å². The third-order valence-electron chi connectivity index (χ3n) is 2.83. The van der Waals surface area contributed by atoms with Crippen molar-refractivity contribution in [3.63, 3.8) is 0 Å². The molecule has 5 heteroatoms. The van der Waals surface area contributed by atoms with E-state index in [0.29, 0.717) is 18.9 Å². The highest BCUT2D eigenvalue weighted by atomic mass is 32.2. The van der Waals surface area contributed by atoms with E-state index in [1.807, 2.05) is 6.92 Å². The molecular weight excluding hydrogens is 212 g/mol. The third-order valence-corrected chi connectivity index (χ3v) is 4.27. The highest BCUT2D eigenvalue weighted by Gasteiger charge is 2.19. The van der Waals surface area contributed by atoms with Gasteiger partial charge in [0.05, 0.1) is 5.75 Å². The zero-order valence-electron chi connectivity index (χ0n) is 9.46. The Kier molecular flexibility index (Phi) is 5.56. The van der Waals surface area contributed by atoms with Crippen molar-refractivity contribution >= 4 is 10.0 Å². The molecule has 4 nitrogen and oxygen atoms in total. The van der Waals surface area contributed by atoms with Crippen LogP contribution in [-0.2, 0) is 10.0 Å². The van der Waals surface area contributed by atoms with Crippen molar-refractivity contribution in [2.24, 2.45) is 5.92 Å². The van der Waals surface area contributed by atoms with E-state index in [0.717, 1.165) is 13.1 Å². The minimum atomic E-state index is -3.02. The fourth-order valence-electron chi connectivity index (χ4n) is 1.58. The first-order chi connectivity index (χ1) is 7.14. The smallest absolute Gasteiger partial charge is 0.211 e. The van der Waals surface area contributed by atoms with Gasteiger partial charge in [-0.2, -0.15) is 0 Å². The monoisotopic (exact) mass is 234 g/mol. The van der Waals surface area contributed by atoms with Crippen LogP contribution in [0.5, 0.6) is 0 Å². The highest BCUT2D eigenvalue weighted by molar-refractivity contribution is 7.89. The normalized spacial score (nSPS) is 17.7. The van der Waals surface area contributed by atoms with Gasteiger partial charge in [-0.05, 0) is 38.3 Å². The molecule has 0 unspecified atom stereocenters. The van der Waals surface area contributed by atoms with Crippen LogP contribution in [0.25, 0.3) is 0 Å². The Bertz CT molecular complexity index is 261. The molecular formula is C10H22N2O2S. The molecule has 1 aliphatic rings. The zero-order valence-corrected chi connectivity index (χ0v) is 10.3. The van der Waals surface area contributed by atoms with E-state index in [4.69, 9.17) is 0 Å². The van der Waals surface area contributed by atoms with Gasteiger partial charge in [0.1, 0.15) is 0 Å². The Morgan fingerprint density at radius 3 is 2.60 bits per heavy atom. The van der Waals surface area contributed by atoms with Crippen LogP contribution in [0.4, 0.5) is 0 Å². The summed E-state index contributed by atoms with van der Waals surface area (Å²) < 4.78 is 25.7. The Hall–Kier alpha value is -0.130. The average Bonchev–Trinajstić information content (AvgIpc) is 2.10.